The molecule has 4 heteroatoms. The van der Waals surface area contributed by atoms with Crippen molar-refractivity contribution in [3.05, 3.63) is 30.3 Å². The van der Waals surface area contributed by atoms with Crippen molar-refractivity contribution in [3.63, 3.8) is 0 Å². The first-order chi connectivity index (χ1) is 9.16. The minimum absolute atomic E-state index is 0.261. The SMILES string of the molecule is CC(C)N1CCN(C(=O)CSc2ccccc2)CC1. The van der Waals surface area contributed by atoms with Gasteiger partial charge in [-0.05, 0) is 26.0 Å². The van der Waals surface area contributed by atoms with Crippen molar-refractivity contribution in [2.45, 2.75) is 24.8 Å². The monoisotopic (exact) mass is 278 g/mol. The molecule has 104 valence electrons. The van der Waals surface area contributed by atoms with Gasteiger partial charge in [-0.3, -0.25) is 9.69 Å². The number of amides is 1. The van der Waals surface area contributed by atoms with Crippen LogP contribution in [-0.4, -0.2) is 53.7 Å². The van der Waals surface area contributed by atoms with Gasteiger partial charge in [0.1, 0.15) is 0 Å². The predicted octanol–water partition coefficient (Wildman–Crippen LogP) is 2.33. The van der Waals surface area contributed by atoms with Gasteiger partial charge >= 0.3 is 0 Å². The molecule has 1 fully saturated rings. The van der Waals surface area contributed by atoms with E-state index >= 15 is 0 Å². The molecule has 1 aliphatic rings. The molecule has 1 aromatic rings. The summed E-state index contributed by atoms with van der Waals surface area (Å²) in [7, 11) is 0. The smallest absolute Gasteiger partial charge is 0.233 e. The Morgan fingerprint density at radius 3 is 2.37 bits per heavy atom. The lowest BCUT2D eigenvalue weighted by atomic mass is 10.2. The van der Waals surface area contributed by atoms with Crippen molar-refractivity contribution in [2.75, 3.05) is 31.9 Å². The number of carbonyl (C=O) groups is 1. The van der Waals surface area contributed by atoms with Crippen LogP contribution in [0.5, 0.6) is 0 Å². The van der Waals surface area contributed by atoms with Crippen molar-refractivity contribution in [1.82, 2.24) is 9.80 Å². The van der Waals surface area contributed by atoms with Gasteiger partial charge in [-0.15, -0.1) is 11.8 Å². The van der Waals surface area contributed by atoms with E-state index in [2.05, 4.69) is 30.9 Å². The third-order valence-corrected chi connectivity index (χ3v) is 4.50. The maximum atomic E-state index is 12.1. The molecule has 0 N–H and O–H groups in total. The van der Waals surface area contributed by atoms with Gasteiger partial charge in [-0.25, -0.2) is 0 Å². The predicted molar refractivity (Wildman–Crippen MR) is 80.5 cm³/mol. The number of nitrogens with zero attached hydrogens (tertiary/aromatic N) is 2. The van der Waals surface area contributed by atoms with E-state index in [1.807, 2.05) is 23.1 Å². The number of hydrogen-bond donors (Lipinski definition) is 0. The molecule has 0 radical (unpaired) electrons. The van der Waals surface area contributed by atoms with Crippen LogP contribution in [0.3, 0.4) is 0 Å². The van der Waals surface area contributed by atoms with Crippen LogP contribution in [0.1, 0.15) is 13.8 Å². The summed E-state index contributed by atoms with van der Waals surface area (Å²) in [5.41, 5.74) is 0. The van der Waals surface area contributed by atoms with E-state index in [0.717, 1.165) is 31.1 Å². The molecule has 1 saturated heterocycles. The van der Waals surface area contributed by atoms with Gasteiger partial charge in [-0.1, -0.05) is 18.2 Å². The molecule has 0 aromatic heterocycles. The van der Waals surface area contributed by atoms with Gasteiger partial charge in [0.25, 0.3) is 0 Å². The van der Waals surface area contributed by atoms with Gasteiger partial charge < -0.3 is 4.90 Å². The van der Waals surface area contributed by atoms with E-state index in [4.69, 9.17) is 0 Å². The highest BCUT2D eigenvalue weighted by atomic mass is 32.2. The van der Waals surface area contributed by atoms with Gasteiger partial charge in [0.15, 0.2) is 0 Å². The van der Waals surface area contributed by atoms with Crippen molar-refractivity contribution < 1.29 is 4.79 Å². The molecule has 0 bridgehead atoms. The Morgan fingerprint density at radius 1 is 1.16 bits per heavy atom. The zero-order valence-electron chi connectivity index (χ0n) is 11.7. The van der Waals surface area contributed by atoms with Crippen LogP contribution in [0.4, 0.5) is 0 Å². The highest BCUT2D eigenvalue weighted by molar-refractivity contribution is 8.00. The van der Waals surface area contributed by atoms with Crippen molar-refractivity contribution >= 4 is 17.7 Å². The summed E-state index contributed by atoms with van der Waals surface area (Å²) in [6.45, 7) is 8.16. The number of thioether (sulfide) groups is 1. The Kier molecular flexibility index (Phi) is 5.28. The van der Waals surface area contributed by atoms with Crippen molar-refractivity contribution in [2.24, 2.45) is 0 Å². The summed E-state index contributed by atoms with van der Waals surface area (Å²) in [6.07, 6.45) is 0. The summed E-state index contributed by atoms with van der Waals surface area (Å²) < 4.78 is 0. The third kappa shape index (κ3) is 4.25. The lowest BCUT2D eigenvalue weighted by molar-refractivity contribution is -0.130. The second kappa shape index (κ2) is 6.96. The average Bonchev–Trinajstić information content (AvgIpc) is 2.46. The zero-order chi connectivity index (χ0) is 13.7. The van der Waals surface area contributed by atoms with Crippen LogP contribution in [0, 0.1) is 0 Å². The fourth-order valence-electron chi connectivity index (χ4n) is 2.24. The van der Waals surface area contributed by atoms with Gasteiger partial charge in [0.05, 0.1) is 5.75 Å². The second-order valence-electron chi connectivity index (χ2n) is 5.11. The normalized spacial score (nSPS) is 16.9. The molecular weight excluding hydrogens is 256 g/mol. The van der Waals surface area contributed by atoms with Gasteiger partial charge in [0.2, 0.25) is 5.91 Å². The second-order valence-corrected chi connectivity index (χ2v) is 6.16. The zero-order valence-corrected chi connectivity index (χ0v) is 12.5. The fraction of sp³-hybridized carbons (Fsp3) is 0.533. The molecular formula is C15H22N2OS. The van der Waals surface area contributed by atoms with Crippen LogP contribution < -0.4 is 0 Å². The van der Waals surface area contributed by atoms with E-state index in [1.165, 1.54) is 0 Å². The average molecular weight is 278 g/mol. The molecule has 1 amide bonds. The topological polar surface area (TPSA) is 23.6 Å². The van der Waals surface area contributed by atoms with Crippen LogP contribution in [-0.2, 0) is 4.79 Å². The Morgan fingerprint density at radius 2 is 1.79 bits per heavy atom. The largest absolute Gasteiger partial charge is 0.339 e. The number of rotatable bonds is 4. The Balaban J connectivity index is 1.76. The molecule has 1 aromatic carbocycles. The molecule has 2 rings (SSSR count). The summed E-state index contributed by atoms with van der Waals surface area (Å²) in [5.74, 6) is 0.809. The van der Waals surface area contributed by atoms with E-state index < -0.39 is 0 Å². The molecule has 0 atom stereocenters. The van der Waals surface area contributed by atoms with Crippen LogP contribution in [0.2, 0.25) is 0 Å². The standard InChI is InChI=1S/C15H22N2OS/c1-13(2)16-8-10-17(11-9-16)15(18)12-19-14-6-4-3-5-7-14/h3-7,13H,8-12H2,1-2H3. The van der Waals surface area contributed by atoms with Gasteiger partial charge in [-0.2, -0.15) is 0 Å². The first-order valence-corrected chi connectivity index (χ1v) is 7.85. The Labute approximate surface area is 120 Å². The quantitative estimate of drug-likeness (QED) is 0.790. The maximum Gasteiger partial charge on any atom is 0.233 e. The first kappa shape index (κ1) is 14.4. The molecule has 0 saturated carbocycles. The minimum atomic E-state index is 0.261. The number of carbonyl (C=O) groups excluding carboxylic acids is 1. The Hall–Kier alpha value is -1.00. The van der Waals surface area contributed by atoms with Crippen LogP contribution >= 0.6 is 11.8 Å². The van der Waals surface area contributed by atoms with E-state index in [0.29, 0.717) is 11.8 Å². The molecule has 19 heavy (non-hydrogen) atoms. The minimum Gasteiger partial charge on any atom is -0.339 e. The van der Waals surface area contributed by atoms with Crippen LogP contribution in [0.15, 0.2) is 35.2 Å². The summed E-state index contributed by atoms with van der Waals surface area (Å²) >= 11 is 1.62. The maximum absolute atomic E-state index is 12.1. The molecule has 0 aliphatic carbocycles. The van der Waals surface area contributed by atoms with Gasteiger partial charge in [0, 0.05) is 37.1 Å². The van der Waals surface area contributed by atoms with Crippen molar-refractivity contribution in [3.8, 4) is 0 Å². The molecule has 1 aliphatic heterocycles. The number of hydrogen-bond acceptors (Lipinski definition) is 3. The highest BCUT2D eigenvalue weighted by Gasteiger charge is 2.22. The van der Waals surface area contributed by atoms with E-state index in [-0.39, 0.29) is 5.91 Å². The lowest BCUT2D eigenvalue weighted by Gasteiger charge is -2.36. The fourth-order valence-corrected chi connectivity index (χ4v) is 3.06. The molecule has 3 nitrogen and oxygen atoms in total. The summed E-state index contributed by atoms with van der Waals surface area (Å²) in [4.78, 5) is 17.7. The van der Waals surface area contributed by atoms with E-state index in [1.54, 1.807) is 11.8 Å². The molecule has 1 heterocycles. The molecule has 0 unspecified atom stereocenters. The van der Waals surface area contributed by atoms with Crippen molar-refractivity contribution in [1.29, 1.82) is 0 Å². The summed E-state index contributed by atoms with van der Waals surface area (Å²) in [6, 6.07) is 10.7. The Bertz CT molecular complexity index is 400. The summed E-state index contributed by atoms with van der Waals surface area (Å²) in [5, 5.41) is 0. The van der Waals surface area contributed by atoms with Crippen LogP contribution in [0.25, 0.3) is 0 Å². The first-order valence-electron chi connectivity index (χ1n) is 6.86. The van der Waals surface area contributed by atoms with E-state index in [9.17, 15) is 4.79 Å². The number of piperazine rings is 1. The number of benzene rings is 1. The highest BCUT2D eigenvalue weighted by Crippen LogP contribution is 2.18. The third-order valence-electron chi connectivity index (χ3n) is 3.50. The lowest BCUT2D eigenvalue weighted by Crippen LogP contribution is -2.51. The molecule has 0 spiro atoms.